The number of rotatable bonds is 8. The van der Waals surface area contributed by atoms with Crippen molar-refractivity contribution < 1.29 is 14.6 Å². The number of aromatic nitrogens is 1. The van der Waals surface area contributed by atoms with E-state index in [1.807, 2.05) is 42.5 Å². The maximum Gasteiger partial charge on any atom is 0.251 e. The molecule has 1 saturated heterocycles. The smallest absolute Gasteiger partial charge is 0.251 e. The second-order valence-corrected chi connectivity index (χ2v) is 7.68. The summed E-state index contributed by atoms with van der Waals surface area (Å²) in [7, 11) is 0. The highest BCUT2D eigenvalue weighted by Gasteiger charge is 2.26. The first-order valence-electron chi connectivity index (χ1n) is 10.2. The Morgan fingerprint density at radius 3 is 2.72 bits per heavy atom. The number of carbonyl (C=O) groups is 1. The zero-order chi connectivity index (χ0) is 20.2. The Morgan fingerprint density at radius 2 is 2.03 bits per heavy atom. The summed E-state index contributed by atoms with van der Waals surface area (Å²) in [5.74, 6) is 1.14. The van der Waals surface area contributed by atoms with Gasteiger partial charge < -0.3 is 20.1 Å². The third-order valence-electron chi connectivity index (χ3n) is 5.36. The molecular weight excluding hydrogens is 368 g/mol. The van der Waals surface area contributed by atoms with Crippen molar-refractivity contribution in [3.05, 3.63) is 69.6 Å². The van der Waals surface area contributed by atoms with Crippen LogP contribution < -0.4 is 15.6 Å². The molecule has 29 heavy (non-hydrogen) atoms. The predicted molar refractivity (Wildman–Crippen MR) is 111 cm³/mol. The van der Waals surface area contributed by atoms with Gasteiger partial charge in [-0.15, -0.1) is 0 Å². The third kappa shape index (κ3) is 4.77. The number of nitrogens with one attached hydrogen (secondary N) is 2. The fourth-order valence-corrected chi connectivity index (χ4v) is 3.67. The van der Waals surface area contributed by atoms with Crippen molar-refractivity contribution in [2.75, 3.05) is 13.2 Å². The number of pyridine rings is 1. The minimum atomic E-state index is -0.0666. The van der Waals surface area contributed by atoms with Gasteiger partial charge >= 0.3 is 0 Å². The molecule has 1 amide bonds. The largest absolute Gasteiger partial charge is 0.493 e. The van der Waals surface area contributed by atoms with Crippen LogP contribution in [0.25, 0.3) is 5.57 Å². The van der Waals surface area contributed by atoms with Crippen molar-refractivity contribution in [2.24, 2.45) is 0 Å². The topological polar surface area (TPSA) is 91.4 Å². The fourth-order valence-electron chi connectivity index (χ4n) is 3.67. The number of aliphatic hydroxyl groups excluding tert-OH is 1. The number of H-pyrrole nitrogens is 1. The molecule has 1 saturated carbocycles. The summed E-state index contributed by atoms with van der Waals surface area (Å²) in [5, 5.41) is 11.9. The number of amides is 1. The van der Waals surface area contributed by atoms with Gasteiger partial charge in [0.1, 0.15) is 5.75 Å². The zero-order valence-corrected chi connectivity index (χ0v) is 16.3. The van der Waals surface area contributed by atoms with Crippen LogP contribution >= 0.6 is 0 Å². The Labute approximate surface area is 169 Å². The van der Waals surface area contributed by atoms with Crippen LogP contribution in [-0.4, -0.2) is 35.3 Å². The Bertz CT molecular complexity index is 975. The van der Waals surface area contributed by atoms with Crippen LogP contribution in [0.1, 0.15) is 54.8 Å². The average Bonchev–Trinajstić information content (AvgIpc) is 3.48. The van der Waals surface area contributed by atoms with Gasteiger partial charge in [-0.2, -0.15) is 0 Å². The van der Waals surface area contributed by atoms with E-state index < -0.39 is 0 Å². The van der Waals surface area contributed by atoms with E-state index in [4.69, 9.17) is 9.84 Å². The molecule has 0 unspecified atom stereocenters. The van der Waals surface area contributed by atoms with Crippen LogP contribution in [0.2, 0.25) is 0 Å². The van der Waals surface area contributed by atoms with Crippen LogP contribution in [-0.2, 0) is 4.79 Å². The standard InChI is InChI=1S/C23H26N2O4/c26-11-2-12-29-18-4-1-3-16(13-18)20(14-17-7-10-22(27)24-17)21-9-8-19(15-5-6-15)23(28)25-21/h1,3-4,8-9,13-15,17,26H,2,5-7,10-12H2,(H,24,27)(H,25,28)/b20-14-/t17-/m1/s1. The summed E-state index contributed by atoms with van der Waals surface area (Å²) in [4.78, 5) is 27.3. The molecule has 1 atom stereocenters. The van der Waals surface area contributed by atoms with Crippen molar-refractivity contribution in [3.63, 3.8) is 0 Å². The zero-order valence-electron chi connectivity index (χ0n) is 16.3. The van der Waals surface area contributed by atoms with Gasteiger partial charge in [0.05, 0.1) is 6.61 Å². The molecule has 152 valence electrons. The molecule has 1 aliphatic carbocycles. The molecule has 2 fully saturated rings. The number of ether oxygens (including phenoxy) is 1. The molecule has 0 bridgehead atoms. The number of hydrogen-bond donors (Lipinski definition) is 3. The quantitative estimate of drug-likeness (QED) is 0.601. The van der Waals surface area contributed by atoms with E-state index in [0.29, 0.717) is 31.1 Å². The van der Waals surface area contributed by atoms with E-state index in [1.54, 1.807) is 0 Å². The van der Waals surface area contributed by atoms with Gasteiger partial charge in [0.25, 0.3) is 5.56 Å². The van der Waals surface area contributed by atoms with Gasteiger partial charge in [0, 0.05) is 42.3 Å². The highest BCUT2D eigenvalue weighted by atomic mass is 16.5. The molecule has 1 aromatic heterocycles. The molecule has 2 aliphatic rings. The van der Waals surface area contributed by atoms with E-state index in [1.165, 1.54) is 0 Å². The van der Waals surface area contributed by atoms with E-state index in [0.717, 1.165) is 41.7 Å². The molecule has 6 nitrogen and oxygen atoms in total. The van der Waals surface area contributed by atoms with Crippen molar-refractivity contribution in [1.82, 2.24) is 10.3 Å². The van der Waals surface area contributed by atoms with Crippen molar-refractivity contribution in [3.8, 4) is 5.75 Å². The Balaban J connectivity index is 1.68. The number of benzene rings is 1. The molecule has 6 heteroatoms. The summed E-state index contributed by atoms with van der Waals surface area (Å²) in [6, 6.07) is 11.5. The van der Waals surface area contributed by atoms with Crippen LogP contribution in [0.4, 0.5) is 0 Å². The Morgan fingerprint density at radius 1 is 1.17 bits per heavy atom. The van der Waals surface area contributed by atoms with E-state index >= 15 is 0 Å². The molecule has 2 heterocycles. The lowest BCUT2D eigenvalue weighted by Gasteiger charge is -2.14. The summed E-state index contributed by atoms with van der Waals surface area (Å²) in [6.07, 6.45) is 5.98. The summed E-state index contributed by atoms with van der Waals surface area (Å²) >= 11 is 0. The molecular formula is C23H26N2O4. The number of carbonyl (C=O) groups excluding carboxylic acids is 1. The number of aliphatic hydroxyl groups is 1. The van der Waals surface area contributed by atoms with Crippen molar-refractivity contribution in [1.29, 1.82) is 0 Å². The minimum absolute atomic E-state index is 0.0401. The average molecular weight is 394 g/mol. The SMILES string of the molecule is O=C1CC[C@H](/C=C(/c2cccc(OCCCO)c2)c2ccc(C3CC3)c(=O)[nH]2)N1. The van der Waals surface area contributed by atoms with E-state index in [9.17, 15) is 9.59 Å². The van der Waals surface area contributed by atoms with E-state index in [2.05, 4.69) is 10.3 Å². The number of aromatic amines is 1. The molecule has 3 N–H and O–H groups in total. The molecule has 1 aliphatic heterocycles. The highest BCUT2D eigenvalue weighted by Crippen LogP contribution is 2.38. The molecule has 1 aromatic carbocycles. The lowest BCUT2D eigenvalue weighted by Crippen LogP contribution is -2.23. The highest BCUT2D eigenvalue weighted by molar-refractivity contribution is 5.82. The van der Waals surface area contributed by atoms with Gasteiger partial charge in [-0.3, -0.25) is 9.59 Å². The normalized spacial score (nSPS) is 19.3. The Hall–Kier alpha value is -2.86. The summed E-state index contributed by atoms with van der Waals surface area (Å²) in [6.45, 7) is 0.519. The first kappa shape index (κ1) is 19.5. The summed E-state index contributed by atoms with van der Waals surface area (Å²) < 4.78 is 5.71. The van der Waals surface area contributed by atoms with Crippen LogP contribution in [0.5, 0.6) is 5.75 Å². The predicted octanol–water partition coefficient (Wildman–Crippen LogP) is 2.72. The first-order chi connectivity index (χ1) is 14.1. The van der Waals surface area contributed by atoms with Gasteiger partial charge in [-0.25, -0.2) is 0 Å². The fraction of sp³-hybridized carbons (Fsp3) is 0.391. The van der Waals surface area contributed by atoms with Crippen LogP contribution in [0, 0.1) is 0 Å². The molecule has 0 radical (unpaired) electrons. The minimum Gasteiger partial charge on any atom is -0.493 e. The number of hydrogen-bond acceptors (Lipinski definition) is 4. The van der Waals surface area contributed by atoms with E-state index in [-0.39, 0.29) is 24.1 Å². The van der Waals surface area contributed by atoms with Gasteiger partial charge in [-0.05, 0) is 48.9 Å². The van der Waals surface area contributed by atoms with Crippen molar-refractivity contribution in [2.45, 2.75) is 44.1 Å². The lowest BCUT2D eigenvalue weighted by atomic mass is 9.98. The van der Waals surface area contributed by atoms with Gasteiger partial charge in [0.15, 0.2) is 0 Å². The second-order valence-electron chi connectivity index (χ2n) is 7.68. The lowest BCUT2D eigenvalue weighted by molar-refractivity contribution is -0.119. The molecule has 2 aromatic rings. The van der Waals surface area contributed by atoms with Crippen LogP contribution in [0.3, 0.4) is 0 Å². The summed E-state index contributed by atoms with van der Waals surface area (Å²) in [5.41, 5.74) is 3.31. The second kappa shape index (κ2) is 8.66. The third-order valence-corrected chi connectivity index (χ3v) is 5.36. The van der Waals surface area contributed by atoms with Crippen LogP contribution in [0.15, 0.2) is 47.3 Å². The monoisotopic (exact) mass is 394 g/mol. The molecule has 0 spiro atoms. The van der Waals surface area contributed by atoms with Gasteiger partial charge in [0.2, 0.25) is 5.91 Å². The maximum atomic E-state index is 12.6. The Kier molecular flexibility index (Phi) is 5.81. The maximum absolute atomic E-state index is 12.6. The molecule has 4 rings (SSSR count). The first-order valence-corrected chi connectivity index (χ1v) is 10.2. The van der Waals surface area contributed by atoms with Crippen molar-refractivity contribution >= 4 is 11.5 Å². The van der Waals surface area contributed by atoms with Gasteiger partial charge in [-0.1, -0.05) is 24.3 Å².